The number of aliphatic hydroxyl groups excluding tert-OH is 1. The van der Waals surface area contributed by atoms with E-state index in [1.54, 1.807) is 0 Å². The average Bonchev–Trinajstić information content (AvgIpc) is 2.34. The lowest BCUT2D eigenvalue weighted by molar-refractivity contribution is 0.202. The smallest absolute Gasteiger partial charge is 0.0795 e. The van der Waals surface area contributed by atoms with E-state index in [0.717, 1.165) is 24.8 Å². The molecular formula is C15H18O. The number of allylic oxidation sites excluding steroid dienone is 2. The second-order valence-corrected chi connectivity index (χ2v) is 4.15. The minimum absolute atomic E-state index is 0.292. The fourth-order valence-corrected chi connectivity index (χ4v) is 2.25. The van der Waals surface area contributed by atoms with Crippen molar-refractivity contribution in [2.75, 3.05) is 0 Å². The molecule has 84 valence electrons. The van der Waals surface area contributed by atoms with E-state index < -0.39 is 0 Å². The molecule has 1 aromatic carbocycles. The van der Waals surface area contributed by atoms with Gasteiger partial charge in [0.2, 0.25) is 0 Å². The van der Waals surface area contributed by atoms with E-state index in [-0.39, 0.29) is 6.10 Å². The molecule has 0 fully saturated rings. The van der Waals surface area contributed by atoms with Crippen LogP contribution >= 0.6 is 0 Å². The second-order valence-electron chi connectivity index (χ2n) is 4.15. The van der Waals surface area contributed by atoms with Crippen molar-refractivity contribution in [3.8, 4) is 0 Å². The summed E-state index contributed by atoms with van der Waals surface area (Å²) in [6.45, 7) is 2.14. The predicted octanol–water partition coefficient (Wildman–Crippen LogP) is 3.56. The highest BCUT2D eigenvalue weighted by Crippen LogP contribution is 2.28. The van der Waals surface area contributed by atoms with Crippen molar-refractivity contribution in [2.45, 2.75) is 32.3 Å². The molecule has 1 N–H and O–H groups in total. The van der Waals surface area contributed by atoms with Crippen molar-refractivity contribution in [3.63, 3.8) is 0 Å². The topological polar surface area (TPSA) is 20.2 Å². The second kappa shape index (κ2) is 5.13. The summed E-state index contributed by atoms with van der Waals surface area (Å²) in [6.07, 6.45) is 6.74. The Hall–Kier alpha value is -1.34. The number of rotatable bonds is 2. The van der Waals surface area contributed by atoms with E-state index >= 15 is 0 Å². The maximum atomic E-state index is 10.0. The standard InChI is InChI=1S/C15H18O/c1-2-13(12-8-4-3-5-9-12)14-10-6-7-11-15(14)16/h3-6,8-10,15-16H,2,7,11H2,1H3/b14-13-. The Morgan fingerprint density at radius 2 is 2.06 bits per heavy atom. The summed E-state index contributed by atoms with van der Waals surface area (Å²) < 4.78 is 0. The monoisotopic (exact) mass is 214 g/mol. The third-order valence-corrected chi connectivity index (χ3v) is 3.09. The summed E-state index contributed by atoms with van der Waals surface area (Å²) >= 11 is 0. The summed E-state index contributed by atoms with van der Waals surface area (Å²) in [4.78, 5) is 0. The molecular weight excluding hydrogens is 196 g/mol. The van der Waals surface area contributed by atoms with Crippen LogP contribution in [0.4, 0.5) is 0 Å². The number of hydrogen-bond donors (Lipinski definition) is 1. The third kappa shape index (κ3) is 2.25. The lowest BCUT2D eigenvalue weighted by Crippen LogP contribution is -2.13. The predicted molar refractivity (Wildman–Crippen MR) is 68.0 cm³/mol. The van der Waals surface area contributed by atoms with Gasteiger partial charge < -0.3 is 5.11 Å². The molecule has 0 aliphatic heterocycles. The molecule has 0 radical (unpaired) electrons. The quantitative estimate of drug-likeness (QED) is 0.798. The van der Waals surface area contributed by atoms with Gasteiger partial charge in [0.25, 0.3) is 0 Å². The Balaban J connectivity index is 2.45. The van der Waals surface area contributed by atoms with Gasteiger partial charge in [-0.2, -0.15) is 0 Å². The Morgan fingerprint density at radius 3 is 2.69 bits per heavy atom. The summed E-state index contributed by atoms with van der Waals surface area (Å²) in [5.41, 5.74) is 3.59. The molecule has 1 unspecified atom stereocenters. The van der Waals surface area contributed by atoms with Gasteiger partial charge in [0.05, 0.1) is 6.10 Å². The van der Waals surface area contributed by atoms with Crippen LogP contribution in [-0.2, 0) is 0 Å². The number of aliphatic hydroxyl groups is 1. The molecule has 0 amide bonds. The Labute approximate surface area is 97.1 Å². The minimum atomic E-state index is -0.292. The lowest BCUT2D eigenvalue weighted by Gasteiger charge is -2.20. The van der Waals surface area contributed by atoms with E-state index in [2.05, 4.69) is 31.2 Å². The lowest BCUT2D eigenvalue weighted by atomic mass is 9.89. The highest BCUT2D eigenvalue weighted by atomic mass is 16.3. The van der Waals surface area contributed by atoms with Crippen molar-refractivity contribution >= 4 is 5.57 Å². The highest BCUT2D eigenvalue weighted by Gasteiger charge is 2.16. The van der Waals surface area contributed by atoms with Crippen LogP contribution in [0.25, 0.3) is 5.57 Å². The average molecular weight is 214 g/mol. The molecule has 1 aliphatic rings. The zero-order valence-corrected chi connectivity index (χ0v) is 9.69. The van der Waals surface area contributed by atoms with E-state index in [1.807, 2.05) is 18.2 Å². The van der Waals surface area contributed by atoms with Gasteiger partial charge in [-0.15, -0.1) is 0 Å². The van der Waals surface area contributed by atoms with Gasteiger partial charge in [-0.25, -0.2) is 0 Å². The normalized spacial score (nSPS) is 23.2. The highest BCUT2D eigenvalue weighted by molar-refractivity contribution is 5.71. The molecule has 1 nitrogen and oxygen atoms in total. The van der Waals surface area contributed by atoms with Crippen molar-refractivity contribution < 1.29 is 5.11 Å². The summed E-state index contributed by atoms with van der Waals surface area (Å²) in [5.74, 6) is 0. The van der Waals surface area contributed by atoms with Gasteiger partial charge >= 0.3 is 0 Å². The number of hydrogen-bond acceptors (Lipinski definition) is 1. The van der Waals surface area contributed by atoms with Gasteiger partial charge in [-0.1, -0.05) is 49.4 Å². The van der Waals surface area contributed by atoms with Crippen molar-refractivity contribution in [1.82, 2.24) is 0 Å². The van der Waals surface area contributed by atoms with Crippen LogP contribution < -0.4 is 0 Å². The molecule has 2 rings (SSSR count). The van der Waals surface area contributed by atoms with Crippen LogP contribution in [0.1, 0.15) is 31.7 Å². The van der Waals surface area contributed by atoms with Crippen LogP contribution in [0.2, 0.25) is 0 Å². The molecule has 1 aromatic rings. The van der Waals surface area contributed by atoms with Crippen molar-refractivity contribution in [1.29, 1.82) is 0 Å². The molecule has 0 bridgehead atoms. The van der Waals surface area contributed by atoms with E-state index in [0.29, 0.717) is 0 Å². The number of benzene rings is 1. The van der Waals surface area contributed by atoms with Gasteiger partial charge in [-0.05, 0) is 36.0 Å². The Morgan fingerprint density at radius 1 is 1.31 bits per heavy atom. The van der Waals surface area contributed by atoms with E-state index in [9.17, 15) is 5.11 Å². The molecule has 0 aromatic heterocycles. The zero-order chi connectivity index (χ0) is 11.4. The fraction of sp³-hybridized carbons (Fsp3) is 0.333. The van der Waals surface area contributed by atoms with Crippen molar-refractivity contribution in [2.24, 2.45) is 0 Å². The molecule has 16 heavy (non-hydrogen) atoms. The SMILES string of the molecule is CC/C(=C1\C=CCCC1O)c1ccccc1. The Bertz CT molecular complexity index is 401. The van der Waals surface area contributed by atoms with Crippen LogP contribution in [0.15, 0.2) is 48.1 Å². The van der Waals surface area contributed by atoms with Gasteiger partial charge in [0, 0.05) is 0 Å². The molecule has 0 saturated heterocycles. The van der Waals surface area contributed by atoms with Crippen molar-refractivity contribution in [3.05, 3.63) is 53.6 Å². The fourth-order valence-electron chi connectivity index (χ4n) is 2.25. The van der Waals surface area contributed by atoms with E-state index in [1.165, 1.54) is 11.1 Å². The Kier molecular flexibility index (Phi) is 3.58. The maximum Gasteiger partial charge on any atom is 0.0795 e. The molecule has 1 atom stereocenters. The summed E-state index contributed by atoms with van der Waals surface area (Å²) in [5, 5.41) is 10.0. The largest absolute Gasteiger partial charge is 0.388 e. The summed E-state index contributed by atoms with van der Waals surface area (Å²) in [7, 11) is 0. The van der Waals surface area contributed by atoms with Crippen LogP contribution in [0.3, 0.4) is 0 Å². The first-order valence-electron chi connectivity index (χ1n) is 5.96. The first-order chi connectivity index (χ1) is 7.83. The zero-order valence-electron chi connectivity index (χ0n) is 9.69. The van der Waals surface area contributed by atoms with Gasteiger partial charge in [0.1, 0.15) is 0 Å². The maximum absolute atomic E-state index is 10.0. The minimum Gasteiger partial charge on any atom is -0.388 e. The third-order valence-electron chi connectivity index (χ3n) is 3.09. The first-order valence-corrected chi connectivity index (χ1v) is 5.96. The van der Waals surface area contributed by atoms with Crippen LogP contribution in [-0.4, -0.2) is 11.2 Å². The van der Waals surface area contributed by atoms with Crippen LogP contribution in [0, 0.1) is 0 Å². The van der Waals surface area contributed by atoms with Crippen LogP contribution in [0.5, 0.6) is 0 Å². The van der Waals surface area contributed by atoms with E-state index in [4.69, 9.17) is 0 Å². The molecule has 0 heterocycles. The molecule has 0 spiro atoms. The summed E-state index contributed by atoms with van der Waals surface area (Å²) in [6, 6.07) is 10.3. The molecule has 1 aliphatic carbocycles. The first kappa shape index (κ1) is 11.2. The van der Waals surface area contributed by atoms with Gasteiger partial charge in [-0.3, -0.25) is 0 Å². The van der Waals surface area contributed by atoms with Gasteiger partial charge in [0.15, 0.2) is 0 Å². The molecule has 0 saturated carbocycles. The molecule has 1 heteroatoms.